The molecular weight excluding hydrogens is 644 g/mol. The van der Waals surface area contributed by atoms with Gasteiger partial charge < -0.3 is 24.8 Å². The molecular formula is C36H52N6O8. The first-order valence-electron chi connectivity index (χ1n) is 17.0. The summed E-state index contributed by atoms with van der Waals surface area (Å²) in [5, 5.41) is 6.56. The Morgan fingerprint density at radius 2 is 1.66 bits per heavy atom. The number of nitrogens with one attached hydrogen (secondary N) is 3. The van der Waals surface area contributed by atoms with Crippen molar-refractivity contribution in [2.45, 2.75) is 124 Å². The lowest BCUT2D eigenvalue weighted by Crippen LogP contribution is -2.61. The van der Waals surface area contributed by atoms with Gasteiger partial charge in [0.05, 0.1) is 29.3 Å². The molecule has 3 amide bonds. The molecule has 1 fully saturated rings. The number of alkyl carbamates (subject to hydrolysis) is 1. The second-order valence-corrected chi connectivity index (χ2v) is 14.7. The SMILES string of the molecule is CC(NC(=O)[C@@H](NC(=O)OC(C)(C)C)C(C)C)C(=O)N1CCC[C@@H](C(=O)O[C@H](C)c2cnc3ccc(/C=C/CC(=O)OC(C)(C)C)cc3n2)N1. The van der Waals surface area contributed by atoms with Gasteiger partial charge in [0.2, 0.25) is 5.91 Å². The zero-order valence-electron chi connectivity index (χ0n) is 30.8. The molecule has 4 atom stereocenters. The first-order chi connectivity index (χ1) is 23.2. The summed E-state index contributed by atoms with van der Waals surface area (Å²) in [5.74, 6) is -2.14. The molecule has 50 heavy (non-hydrogen) atoms. The van der Waals surface area contributed by atoms with Crippen LogP contribution >= 0.6 is 0 Å². The summed E-state index contributed by atoms with van der Waals surface area (Å²) in [4.78, 5) is 73.0. The maximum atomic E-state index is 13.3. The molecule has 1 saturated heterocycles. The summed E-state index contributed by atoms with van der Waals surface area (Å²) in [6, 6.07) is 2.83. The number of esters is 2. The molecule has 1 aromatic heterocycles. The zero-order chi connectivity index (χ0) is 37.4. The van der Waals surface area contributed by atoms with E-state index in [-0.39, 0.29) is 18.3 Å². The second kappa shape index (κ2) is 16.9. The predicted molar refractivity (Wildman–Crippen MR) is 187 cm³/mol. The highest BCUT2D eigenvalue weighted by molar-refractivity contribution is 5.91. The summed E-state index contributed by atoms with van der Waals surface area (Å²) in [6.45, 7) is 17.7. The lowest BCUT2D eigenvalue weighted by atomic mass is 10.0. The van der Waals surface area contributed by atoms with E-state index in [4.69, 9.17) is 14.2 Å². The number of hydrogen-bond donors (Lipinski definition) is 3. The van der Waals surface area contributed by atoms with Gasteiger partial charge in [-0.3, -0.25) is 29.2 Å². The van der Waals surface area contributed by atoms with Crippen molar-refractivity contribution in [3.8, 4) is 0 Å². The molecule has 1 aliphatic rings. The van der Waals surface area contributed by atoms with Gasteiger partial charge in [0.1, 0.15) is 35.4 Å². The molecule has 2 heterocycles. The molecule has 0 spiro atoms. The Labute approximate surface area is 294 Å². The van der Waals surface area contributed by atoms with Gasteiger partial charge in [-0.25, -0.2) is 15.2 Å². The minimum absolute atomic E-state index is 0.131. The Morgan fingerprint density at radius 3 is 2.30 bits per heavy atom. The smallest absolute Gasteiger partial charge is 0.408 e. The Balaban J connectivity index is 1.59. The van der Waals surface area contributed by atoms with Crippen molar-refractivity contribution in [3.63, 3.8) is 0 Å². The van der Waals surface area contributed by atoms with Gasteiger partial charge in [-0.1, -0.05) is 32.1 Å². The van der Waals surface area contributed by atoms with Crippen LogP contribution in [0, 0.1) is 5.92 Å². The van der Waals surface area contributed by atoms with Crippen molar-refractivity contribution in [1.29, 1.82) is 0 Å². The van der Waals surface area contributed by atoms with Crippen LogP contribution in [-0.2, 0) is 33.4 Å². The number of aromatic nitrogens is 2. The largest absolute Gasteiger partial charge is 0.460 e. The summed E-state index contributed by atoms with van der Waals surface area (Å²) in [5.41, 5.74) is 4.16. The van der Waals surface area contributed by atoms with Crippen LogP contribution in [0.25, 0.3) is 17.1 Å². The predicted octanol–water partition coefficient (Wildman–Crippen LogP) is 4.53. The number of fused-ring (bicyclic) bond motifs is 1. The standard InChI is InChI=1S/C36H52N6O8/c1-21(2)30(40-34(47)50-36(8,9)10)31(44)38-22(3)32(45)42-18-12-14-26(41-42)33(46)48-23(4)28-20-37-25-17-16-24(19-27(25)39-28)13-11-15-29(43)49-35(5,6)7/h11,13,16-17,19-23,26,30,41H,12,14-15,18H2,1-10H3,(H,38,44)(H,40,47)/b13-11+/t22?,23-,26+,30+/m1/s1. The molecule has 3 N–H and O–H groups in total. The maximum absolute atomic E-state index is 13.3. The number of hydrazine groups is 1. The van der Waals surface area contributed by atoms with Crippen LogP contribution in [-0.4, -0.2) is 80.7 Å². The van der Waals surface area contributed by atoms with Crippen molar-refractivity contribution in [1.82, 2.24) is 31.0 Å². The summed E-state index contributed by atoms with van der Waals surface area (Å²) in [7, 11) is 0. The van der Waals surface area contributed by atoms with Gasteiger partial charge in [-0.15, -0.1) is 0 Å². The average molecular weight is 697 g/mol. The highest BCUT2D eigenvalue weighted by Gasteiger charge is 2.34. The van der Waals surface area contributed by atoms with Crippen LogP contribution < -0.4 is 16.1 Å². The van der Waals surface area contributed by atoms with Crippen molar-refractivity contribution >= 4 is 47.0 Å². The van der Waals surface area contributed by atoms with Crippen molar-refractivity contribution in [2.24, 2.45) is 5.92 Å². The quantitative estimate of drug-likeness (QED) is 0.222. The van der Waals surface area contributed by atoms with Gasteiger partial charge in [0.15, 0.2) is 0 Å². The number of ether oxygens (including phenoxy) is 3. The lowest BCUT2D eigenvalue weighted by molar-refractivity contribution is -0.157. The van der Waals surface area contributed by atoms with Gasteiger partial charge in [-0.2, -0.15) is 0 Å². The molecule has 3 rings (SSSR count). The molecule has 14 heteroatoms. The van der Waals surface area contributed by atoms with Crippen molar-refractivity contribution in [2.75, 3.05) is 6.54 Å². The summed E-state index contributed by atoms with van der Waals surface area (Å²) >= 11 is 0. The number of carbonyl (C=O) groups excluding carboxylic acids is 5. The van der Waals surface area contributed by atoms with E-state index in [1.807, 2.05) is 39.0 Å². The molecule has 1 aliphatic heterocycles. The van der Waals surface area contributed by atoms with E-state index in [9.17, 15) is 24.0 Å². The topological polar surface area (TPSA) is 178 Å². The van der Waals surface area contributed by atoms with Crippen LogP contribution in [0.2, 0.25) is 0 Å². The first-order valence-corrected chi connectivity index (χ1v) is 17.0. The van der Waals surface area contributed by atoms with Gasteiger partial charge >= 0.3 is 18.0 Å². The normalized spacial score (nSPS) is 17.2. The highest BCUT2D eigenvalue weighted by Crippen LogP contribution is 2.21. The van der Waals surface area contributed by atoms with E-state index >= 15 is 0 Å². The Kier molecular flexibility index (Phi) is 13.5. The third-order valence-corrected chi connectivity index (χ3v) is 7.40. The van der Waals surface area contributed by atoms with Crippen molar-refractivity contribution < 1.29 is 38.2 Å². The molecule has 0 aliphatic carbocycles. The third-order valence-electron chi connectivity index (χ3n) is 7.40. The molecule has 1 unspecified atom stereocenters. The molecule has 0 radical (unpaired) electrons. The number of carbonyl (C=O) groups is 5. The van der Waals surface area contributed by atoms with Crippen LogP contribution in [0.5, 0.6) is 0 Å². The Morgan fingerprint density at radius 1 is 0.980 bits per heavy atom. The Hall–Kier alpha value is -4.59. The molecule has 2 aromatic rings. The van der Waals surface area contributed by atoms with Crippen LogP contribution in [0.15, 0.2) is 30.5 Å². The third kappa shape index (κ3) is 12.4. The molecule has 0 saturated carbocycles. The summed E-state index contributed by atoms with van der Waals surface area (Å²) < 4.78 is 16.4. The fourth-order valence-electron chi connectivity index (χ4n) is 5.02. The van der Waals surface area contributed by atoms with E-state index in [0.717, 1.165) is 5.56 Å². The van der Waals surface area contributed by atoms with Crippen molar-refractivity contribution in [3.05, 3.63) is 41.7 Å². The number of hydrogen-bond acceptors (Lipinski definition) is 11. The fraction of sp³-hybridized carbons (Fsp3) is 0.583. The summed E-state index contributed by atoms with van der Waals surface area (Å²) in [6.07, 6.45) is 4.71. The second-order valence-electron chi connectivity index (χ2n) is 14.7. The minimum Gasteiger partial charge on any atom is -0.460 e. The van der Waals surface area contributed by atoms with Crippen LogP contribution in [0.4, 0.5) is 4.79 Å². The van der Waals surface area contributed by atoms with Crippen LogP contribution in [0.3, 0.4) is 0 Å². The molecule has 274 valence electrons. The molecule has 0 bridgehead atoms. The number of rotatable bonds is 11. The average Bonchev–Trinajstić information content (AvgIpc) is 3.01. The fourth-order valence-corrected chi connectivity index (χ4v) is 5.02. The zero-order valence-corrected chi connectivity index (χ0v) is 30.8. The van der Waals surface area contributed by atoms with Crippen LogP contribution in [0.1, 0.15) is 106 Å². The minimum atomic E-state index is -0.949. The maximum Gasteiger partial charge on any atom is 0.408 e. The van der Waals surface area contributed by atoms with Gasteiger partial charge in [0, 0.05) is 6.54 Å². The lowest BCUT2D eigenvalue weighted by Gasteiger charge is -2.35. The van der Waals surface area contributed by atoms with Gasteiger partial charge in [-0.05, 0) is 91.8 Å². The van der Waals surface area contributed by atoms with E-state index in [1.165, 1.54) is 11.9 Å². The van der Waals surface area contributed by atoms with E-state index in [0.29, 0.717) is 36.1 Å². The molecule has 1 aromatic carbocycles. The highest BCUT2D eigenvalue weighted by atomic mass is 16.6. The molecule has 14 nitrogen and oxygen atoms in total. The number of amides is 3. The Bertz CT molecular complexity index is 1580. The van der Waals surface area contributed by atoms with Gasteiger partial charge in [0.25, 0.3) is 5.91 Å². The monoisotopic (exact) mass is 696 g/mol. The first kappa shape index (κ1) is 39.8. The van der Waals surface area contributed by atoms with E-state index < -0.39 is 59.3 Å². The number of nitrogens with zero attached hydrogens (tertiary/aromatic N) is 3. The van der Waals surface area contributed by atoms with E-state index in [2.05, 4.69) is 26.0 Å². The van der Waals surface area contributed by atoms with E-state index in [1.54, 1.807) is 59.9 Å². The number of benzene rings is 1.